The Bertz CT molecular complexity index is 393. The van der Waals surface area contributed by atoms with Crippen molar-refractivity contribution in [2.24, 2.45) is 5.92 Å². The lowest BCUT2D eigenvalue weighted by atomic mass is 10.0. The molecule has 2 nitrogen and oxygen atoms in total. The first kappa shape index (κ1) is 13.5. The summed E-state index contributed by atoms with van der Waals surface area (Å²) in [6.07, 6.45) is 2.40. The number of rotatable bonds is 3. The van der Waals surface area contributed by atoms with Gasteiger partial charge in [0.25, 0.3) is 0 Å². The number of carbonyl (C=O) groups excluding carboxylic acids is 1. The lowest BCUT2D eigenvalue weighted by Gasteiger charge is -2.32. The van der Waals surface area contributed by atoms with Crippen molar-refractivity contribution in [1.29, 1.82) is 0 Å². The average Bonchev–Trinajstić information content (AvgIpc) is 2.39. The molecule has 3 heteroatoms. The predicted octanol–water partition coefficient (Wildman–Crippen LogP) is 3.43. The molecule has 1 aromatic rings. The number of hydrogen-bond donors (Lipinski definition) is 0. The Morgan fingerprint density at radius 1 is 1.39 bits per heavy atom. The van der Waals surface area contributed by atoms with Crippen LogP contribution in [-0.4, -0.2) is 29.1 Å². The SMILES string of the molecule is C[C@@H]1CCCN(C(=O)[C@H](C)Sc2ccccc2)C1. The molecule has 1 heterocycles. The standard InChI is InChI=1S/C15H21NOS/c1-12-7-6-10-16(11-12)15(17)13(2)18-14-8-4-3-5-9-14/h3-5,8-9,12-13H,6-7,10-11H2,1-2H3/t12-,13+/m1/s1. The van der Waals surface area contributed by atoms with Crippen molar-refractivity contribution in [3.8, 4) is 0 Å². The molecule has 0 radical (unpaired) electrons. The molecule has 1 saturated heterocycles. The molecule has 0 bridgehead atoms. The van der Waals surface area contributed by atoms with Gasteiger partial charge in [-0.2, -0.15) is 0 Å². The van der Waals surface area contributed by atoms with Crippen LogP contribution >= 0.6 is 11.8 Å². The third-order valence-electron chi connectivity index (χ3n) is 3.37. The van der Waals surface area contributed by atoms with Crippen molar-refractivity contribution in [3.05, 3.63) is 30.3 Å². The Hall–Kier alpha value is -0.960. The minimum absolute atomic E-state index is 0.0118. The van der Waals surface area contributed by atoms with Crippen LogP contribution in [0.1, 0.15) is 26.7 Å². The van der Waals surface area contributed by atoms with Crippen molar-refractivity contribution in [2.75, 3.05) is 13.1 Å². The largest absolute Gasteiger partial charge is 0.341 e. The first-order chi connectivity index (χ1) is 8.66. The van der Waals surface area contributed by atoms with Crippen LogP contribution in [0.25, 0.3) is 0 Å². The molecule has 0 aromatic heterocycles. The summed E-state index contributed by atoms with van der Waals surface area (Å²) in [6.45, 7) is 6.11. The van der Waals surface area contributed by atoms with E-state index in [-0.39, 0.29) is 11.2 Å². The molecule has 1 amide bonds. The molecular weight excluding hydrogens is 242 g/mol. The number of hydrogen-bond acceptors (Lipinski definition) is 2. The summed E-state index contributed by atoms with van der Waals surface area (Å²) in [5.74, 6) is 0.937. The van der Waals surface area contributed by atoms with E-state index in [0.717, 1.165) is 19.5 Å². The molecule has 2 atom stereocenters. The highest BCUT2D eigenvalue weighted by Crippen LogP contribution is 2.25. The fraction of sp³-hybridized carbons (Fsp3) is 0.533. The molecule has 0 N–H and O–H groups in total. The number of carbonyl (C=O) groups is 1. The van der Waals surface area contributed by atoms with Gasteiger partial charge in [0.2, 0.25) is 5.91 Å². The van der Waals surface area contributed by atoms with Crippen LogP contribution in [0, 0.1) is 5.92 Å². The minimum atomic E-state index is 0.0118. The monoisotopic (exact) mass is 263 g/mol. The first-order valence-corrected chi connectivity index (χ1v) is 7.55. The van der Waals surface area contributed by atoms with Gasteiger partial charge in [-0.05, 0) is 37.8 Å². The summed E-state index contributed by atoms with van der Waals surface area (Å²) < 4.78 is 0. The predicted molar refractivity (Wildman–Crippen MR) is 76.7 cm³/mol. The average molecular weight is 263 g/mol. The number of piperidine rings is 1. The van der Waals surface area contributed by atoms with Gasteiger partial charge in [-0.1, -0.05) is 25.1 Å². The highest BCUT2D eigenvalue weighted by molar-refractivity contribution is 8.00. The van der Waals surface area contributed by atoms with Gasteiger partial charge in [-0.25, -0.2) is 0 Å². The maximum absolute atomic E-state index is 12.4. The topological polar surface area (TPSA) is 20.3 Å². The van der Waals surface area contributed by atoms with E-state index >= 15 is 0 Å². The summed E-state index contributed by atoms with van der Waals surface area (Å²) in [4.78, 5) is 15.6. The normalized spacial score (nSPS) is 21.7. The van der Waals surface area contributed by atoms with E-state index in [1.54, 1.807) is 11.8 Å². The lowest BCUT2D eigenvalue weighted by Crippen LogP contribution is -2.42. The second-order valence-corrected chi connectivity index (χ2v) is 6.52. The number of benzene rings is 1. The third kappa shape index (κ3) is 3.52. The van der Waals surface area contributed by atoms with Crippen LogP contribution in [0.2, 0.25) is 0 Å². The van der Waals surface area contributed by atoms with E-state index in [4.69, 9.17) is 0 Å². The second-order valence-electron chi connectivity index (χ2n) is 5.10. The number of nitrogens with zero attached hydrogens (tertiary/aromatic N) is 1. The molecule has 1 aromatic carbocycles. The molecule has 0 aliphatic carbocycles. The van der Waals surface area contributed by atoms with E-state index in [9.17, 15) is 4.79 Å². The molecule has 0 saturated carbocycles. The molecule has 1 aliphatic rings. The van der Waals surface area contributed by atoms with Gasteiger partial charge in [0.15, 0.2) is 0 Å². The molecule has 1 aliphatic heterocycles. The maximum Gasteiger partial charge on any atom is 0.235 e. The highest BCUT2D eigenvalue weighted by atomic mass is 32.2. The third-order valence-corrected chi connectivity index (χ3v) is 4.47. The fourth-order valence-electron chi connectivity index (χ4n) is 2.40. The summed E-state index contributed by atoms with van der Waals surface area (Å²) in [5, 5.41) is 0.0118. The smallest absolute Gasteiger partial charge is 0.235 e. The molecule has 0 spiro atoms. The van der Waals surface area contributed by atoms with Gasteiger partial charge in [-0.15, -0.1) is 11.8 Å². The summed E-state index contributed by atoms with van der Waals surface area (Å²) in [6, 6.07) is 10.2. The Balaban J connectivity index is 1.92. The van der Waals surface area contributed by atoms with Gasteiger partial charge < -0.3 is 4.90 Å². The summed E-state index contributed by atoms with van der Waals surface area (Å²) in [7, 11) is 0. The maximum atomic E-state index is 12.4. The van der Waals surface area contributed by atoms with Gasteiger partial charge in [-0.3, -0.25) is 4.79 Å². The van der Waals surface area contributed by atoms with Crippen LogP contribution in [0.4, 0.5) is 0 Å². The van der Waals surface area contributed by atoms with E-state index in [0.29, 0.717) is 5.92 Å². The van der Waals surface area contributed by atoms with Crippen LogP contribution < -0.4 is 0 Å². The van der Waals surface area contributed by atoms with Crippen molar-refractivity contribution in [1.82, 2.24) is 4.90 Å². The van der Waals surface area contributed by atoms with Crippen molar-refractivity contribution >= 4 is 17.7 Å². The fourth-order valence-corrected chi connectivity index (χ4v) is 3.37. The Labute approximate surface area is 114 Å². The van der Waals surface area contributed by atoms with E-state index in [2.05, 4.69) is 19.1 Å². The Morgan fingerprint density at radius 2 is 2.11 bits per heavy atom. The molecule has 98 valence electrons. The molecule has 0 unspecified atom stereocenters. The number of thioether (sulfide) groups is 1. The highest BCUT2D eigenvalue weighted by Gasteiger charge is 2.25. The van der Waals surface area contributed by atoms with E-state index in [1.807, 2.05) is 30.0 Å². The second kappa shape index (κ2) is 6.28. The van der Waals surface area contributed by atoms with Crippen LogP contribution in [-0.2, 0) is 4.79 Å². The summed E-state index contributed by atoms with van der Waals surface area (Å²) >= 11 is 1.66. The molecule has 18 heavy (non-hydrogen) atoms. The summed E-state index contributed by atoms with van der Waals surface area (Å²) in [5.41, 5.74) is 0. The van der Waals surface area contributed by atoms with E-state index < -0.39 is 0 Å². The van der Waals surface area contributed by atoms with Gasteiger partial charge in [0.1, 0.15) is 0 Å². The zero-order chi connectivity index (χ0) is 13.0. The van der Waals surface area contributed by atoms with Crippen molar-refractivity contribution in [3.63, 3.8) is 0 Å². The van der Waals surface area contributed by atoms with Gasteiger partial charge >= 0.3 is 0 Å². The number of likely N-dealkylation sites (tertiary alicyclic amines) is 1. The zero-order valence-electron chi connectivity index (χ0n) is 11.1. The first-order valence-electron chi connectivity index (χ1n) is 6.67. The van der Waals surface area contributed by atoms with Crippen LogP contribution in [0.3, 0.4) is 0 Å². The number of amides is 1. The zero-order valence-corrected chi connectivity index (χ0v) is 12.0. The van der Waals surface area contributed by atoms with E-state index in [1.165, 1.54) is 11.3 Å². The molecule has 2 rings (SSSR count). The Kier molecular flexibility index (Phi) is 4.70. The minimum Gasteiger partial charge on any atom is -0.341 e. The van der Waals surface area contributed by atoms with Crippen LogP contribution in [0.5, 0.6) is 0 Å². The quantitative estimate of drug-likeness (QED) is 0.779. The van der Waals surface area contributed by atoms with Gasteiger partial charge in [0.05, 0.1) is 5.25 Å². The van der Waals surface area contributed by atoms with Crippen molar-refractivity contribution < 1.29 is 4.79 Å². The van der Waals surface area contributed by atoms with Crippen molar-refractivity contribution in [2.45, 2.75) is 36.8 Å². The molecule has 1 fully saturated rings. The Morgan fingerprint density at radius 3 is 2.78 bits per heavy atom. The lowest BCUT2D eigenvalue weighted by molar-refractivity contribution is -0.131. The van der Waals surface area contributed by atoms with Gasteiger partial charge in [0, 0.05) is 18.0 Å². The molecular formula is C15H21NOS. The van der Waals surface area contributed by atoms with Crippen LogP contribution in [0.15, 0.2) is 35.2 Å².